The van der Waals surface area contributed by atoms with Gasteiger partial charge in [0.05, 0.1) is 0 Å². The summed E-state index contributed by atoms with van der Waals surface area (Å²) in [6.45, 7) is 7.94. The van der Waals surface area contributed by atoms with Crippen molar-refractivity contribution in [1.29, 1.82) is 0 Å². The molecular weight excluding hydrogens is 348 g/mol. The number of sulfonamides is 1. The van der Waals surface area contributed by atoms with E-state index < -0.39 is 10.0 Å². The second kappa shape index (κ2) is 6.81. The Kier molecular flexibility index (Phi) is 4.93. The van der Waals surface area contributed by atoms with Gasteiger partial charge in [-0.2, -0.15) is 4.31 Å². The van der Waals surface area contributed by atoms with E-state index in [4.69, 9.17) is 4.42 Å². The Labute approximate surface area is 146 Å². The molecule has 3 rings (SSSR count). The summed E-state index contributed by atoms with van der Waals surface area (Å²) in [4.78, 5) is 3.02. The molecule has 1 fully saturated rings. The predicted molar refractivity (Wildman–Crippen MR) is 93.1 cm³/mol. The minimum absolute atomic E-state index is 0.180. The Hall–Kier alpha value is -1.45. The van der Waals surface area contributed by atoms with Gasteiger partial charge in [0.2, 0.25) is 5.89 Å². The lowest BCUT2D eigenvalue weighted by atomic mass is 10.2. The Bertz CT molecular complexity index is 789. The largest absolute Gasteiger partial charge is 0.408 e. The van der Waals surface area contributed by atoms with Gasteiger partial charge in [0.1, 0.15) is 4.21 Å². The van der Waals surface area contributed by atoms with Crippen LogP contribution in [0.2, 0.25) is 0 Å². The quantitative estimate of drug-likeness (QED) is 0.804. The zero-order valence-electron chi connectivity index (χ0n) is 14.1. The molecule has 2 aromatic heterocycles. The molecule has 9 heteroatoms. The molecule has 7 nitrogen and oxygen atoms in total. The van der Waals surface area contributed by atoms with E-state index >= 15 is 0 Å². The molecule has 0 saturated carbocycles. The predicted octanol–water partition coefficient (Wildman–Crippen LogP) is 2.33. The third-order valence-corrected chi connectivity index (χ3v) is 7.61. The van der Waals surface area contributed by atoms with Gasteiger partial charge in [-0.1, -0.05) is 25.9 Å². The fourth-order valence-electron chi connectivity index (χ4n) is 2.52. The third kappa shape index (κ3) is 3.33. The highest BCUT2D eigenvalue weighted by atomic mass is 32.2. The zero-order valence-corrected chi connectivity index (χ0v) is 15.7. The molecule has 132 valence electrons. The van der Waals surface area contributed by atoms with Crippen LogP contribution in [-0.4, -0.2) is 49.1 Å². The van der Waals surface area contributed by atoms with Gasteiger partial charge < -0.3 is 9.32 Å². The number of piperazine rings is 1. The molecule has 3 heterocycles. The van der Waals surface area contributed by atoms with Crippen LogP contribution in [0.5, 0.6) is 0 Å². The van der Waals surface area contributed by atoms with Gasteiger partial charge in [-0.15, -0.1) is 16.4 Å². The van der Waals surface area contributed by atoms with Gasteiger partial charge in [0, 0.05) is 37.0 Å². The van der Waals surface area contributed by atoms with Gasteiger partial charge in [0.15, 0.2) is 0 Å². The normalized spacial score (nSPS) is 16.9. The number of nitrogens with zero attached hydrogens (tertiary/aromatic N) is 4. The maximum absolute atomic E-state index is 12.7. The average molecular weight is 371 g/mol. The van der Waals surface area contributed by atoms with E-state index in [0.29, 0.717) is 42.3 Å². The molecular formula is C15H22N4O3S2. The second-order valence-electron chi connectivity index (χ2n) is 6.04. The van der Waals surface area contributed by atoms with Crippen LogP contribution < -0.4 is 4.90 Å². The number of thiophene rings is 1. The van der Waals surface area contributed by atoms with Crippen LogP contribution in [0, 0.1) is 0 Å². The first-order valence-electron chi connectivity index (χ1n) is 8.09. The number of aryl methyl sites for hydroxylation is 1. The van der Waals surface area contributed by atoms with Crippen molar-refractivity contribution in [3.05, 3.63) is 22.9 Å². The Morgan fingerprint density at radius 2 is 1.92 bits per heavy atom. The molecule has 1 aliphatic rings. The summed E-state index contributed by atoms with van der Waals surface area (Å²) in [5, 5.41) is 8.09. The monoisotopic (exact) mass is 370 g/mol. The first kappa shape index (κ1) is 17.4. The fourth-order valence-corrected chi connectivity index (χ4v) is 5.39. The highest BCUT2D eigenvalue weighted by Crippen LogP contribution is 2.27. The van der Waals surface area contributed by atoms with E-state index in [1.807, 2.05) is 31.7 Å². The maximum atomic E-state index is 12.7. The maximum Gasteiger partial charge on any atom is 0.318 e. The van der Waals surface area contributed by atoms with Crippen molar-refractivity contribution in [1.82, 2.24) is 14.5 Å². The zero-order chi connectivity index (χ0) is 17.3. The summed E-state index contributed by atoms with van der Waals surface area (Å²) in [7, 11) is -3.41. The second-order valence-corrected chi connectivity index (χ2v) is 9.38. The van der Waals surface area contributed by atoms with Crippen molar-refractivity contribution in [3.63, 3.8) is 0 Å². The minimum Gasteiger partial charge on any atom is -0.408 e. The molecule has 0 N–H and O–H groups in total. The van der Waals surface area contributed by atoms with Crippen molar-refractivity contribution >= 4 is 27.4 Å². The van der Waals surface area contributed by atoms with E-state index in [1.165, 1.54) is 15.6 Å². The van der Waals surface area contributed by atoms with Crippen LogP contribution in [0.1, 0.15) is 37.5 Å². The standard InChI is InChI=1S/C15H22N4O3S2/c1-4-12-5-6-13(23-12)24(20,21)19-9-7-18(8-10-19)15-17-16-14(22-15)11(2)3/h5-6,11H,4,7-10H2,1-3H3. The number of hydrogen-bond acceptors (Lipinski definition) is 7. The van der Waals surface area contributed by atoms with Crippen molar-refractivity contribution in [3.8, 4) is 0 Å². The SMILES string of the molecule is CCc1ccc(S(=O)(=O)N2CCN(c3nnc(C(C)C)o3)CC2)s1. The van der Waals surface area contributed by atoms with Crippen LogP contribution in [0.3, 0.4) is 0 Å². The highest BCUT2D eigenvalue weighted by Gasteiger charge is 2.31. The van der Waals surface area contributed by atoms with Gasteiger partial charge in [-0.3, -0.25) is 0 Å². The Balaban J connectivity index is 1.67. The molecule has 24 heavy (non-hydrogen) atoms. The summed E-state index contributed by atoms with van der Waals surface area (Å²) in [5.74, 6) is 0.783. The lowest BCUT2D eigenvalue weighted by molar-refractivity contribution is 0.368. The van der Waals surface area contributed by atoms with Gasteiger partial charge in [-0.25, -0.2) is 8.42 Å². The van der Waals surface area contributed by atoms with E-state index in [2.05, 4.69) is 10.2 Å². The summed E-state index contributed by atoms with van der Waals surface area (Å²) < 4.78 is 33.0. The molecule has 0 radical (unpaired) electrons. The van der Waals surface area contributed by atoms with E-state index in [1.54, 1.807) is 6.07 Å². The summed E-state index contributed by atoms with van der Waals surface area (Å²) >= 11 is 1.35. The van der Waals surface area contributed by atoms with Crippen molar-refractivity contribution < 1.29 is 12.8 Å². The van der Waals surface area contributed by atoms with E-state index in [0.717, 1.165) is 11.3 Å². The number of aromatic nitrogens is 2. The molecule has 0 bridgehead atoms. The number of hydrogen-bond donors (Lipinski definition) is 0. The van der Waals surface area contributed by atoms with E-state index in [9.17, 15) is 8.42 Å². The molecule has 0 aromatic carbocycles. The molecule has 2 aromatic rings. The fraction of sp³-hybridized carbons (Fsp3) is 0.600. The molecule has 1 saturated heterocycles. The Morgan fingerprint density at radius 1 is 1.21 bits per heavy atom. The van der Waals surface area contributed by atoms with E-state index in [-0.39, 0.29) is 5.92 Å². The third-order valence-electron chi connectivity index (χ3n) is 4.01. The summed E-state index contributed by atoms with van der Waals surface area (Å²) in [6, 6.07) is 4.07. The molecule has 0 aliphatic carbocycles. The van der Waals surface area contributed by atoms with Crippen LogP contribution in [0.4, 0.5) is 6.01 Å². The molecule has 0 amide bonds. The topological polar surface area (TPSA) is 79.5 Å². The van der Waals surface area contributed by atoms with Crippen LogP contribution >= 0.6 is 11.3 Å². The summed E-state index contributed by atoms with van der Waals surface area (Å²) in [6.07, 6.45) is 0.851. The highest BCUT2D eigenvalue weighted by molar-refractivity contribution is 7.91. The van der Waals surface area contributed by atoms with Gasteiger partial charge in [-0.05, 0) is 18.6 Å². The first-order valence-corrected chi connectivity index (χ1v) is 10.3. The van der Waals surface area contributed by atoms with Gasteiger partial charge in [0.25, 0.3) is 10.0 Å². The lowest BCUT2D eigenvalue weighted by Crippen LogP contribution is -2.48. The minimum atomic E-state index is -3.41. The van der Waals surface area contributed by atoms with Gasteiger partial charge >= 0.3 is 6.01 Å². The lowest BCUT2D eigenvalue weighted by Gasteiger charge is -2.32. The van der Waals surface area contributed by atoms with Crippen molar-refractivity contribution in [2.45, 2.75) is 37.3 Å². The van der Waals surface area contributed by atoms with Crippen LogP contribution in [-0.2, 0) is 16.4 Å². The van der Waals surface area contributed by atoms with Crippen molar-refractivity contribution in [2.24, 2.45) is 0 Å². The first-order chi connectivity index (χ1) is 11.4. The van der Waals surface area contributed by atoms with Crippen molar-refractivity contribution in [2.75, 3.05) is 31.1 Å². The Morgan fingerprint density at radius 3 is 2.46 bits per heavy atom. The van der Waals surface area contributed by atoms with Crippen LogP contribution in [0.15, 0.2) is 20.8 Å². The number of anilines is 1. The smallest absolute Gasteiger partial charge is 0.318 e. The molecule has 1 aliphatic heterocycles. The molecule has 0 unspecified atom stereocenters. The van der Waals surface area contributed by atoms with Crippen LogP contribution in [0.25, 0.3) is 0 Å². The molecule has 0 atom stereocenters. The molecule has 0 spiro atoms. The number of rotatable bonds is 5. The summed E-state index contributed by atoms with van der Waals surface area (Å²) in [5.41, 5.74) is 0. The average Bonchev–Trinajstić information content (AvgIpc) is 3.24.